The van der Waals surface area contributed by atoms with Gasteiger partial charge < -0.3 is 4.42 Å². The van der Waals surface area contributed by atoms with E-state index >= 15 is 0 Å². The van der Waals surface area contributed by atoms with E-state index in [-0.39, 0.29) is 0 Å². The summed E-state index contributed by atoms with van der Waals surface area (Å²) in [5, 5.41) is 35.4. The number of fused-ring (bicyclic) bond motifs is 27. The summed E-state index contributed by atoms with van der Waals surface area (Å²) in [4.78, 5) is 30.8. The minimum Gasteiger partial charge on any atom is -0.456 e. The van der Waals surface area contributed by atoms with Gasteiger partial charge in [0.15, 0.2) is 17.5 Å². The molecule has 0 aliphatic rings. The van der Waals surface area contributed by atoms with Crippen LogP contribution in [0.5, 0.6) is 0 Å². The van der Waals surface area contributed by atoms with Gasteiger partial charge in [-0.1, -0.05) is 394 Å². The molecule has 0 saturated heterocycles. The monoisotopic (exact) mass is 1610 g/mol. The topological polar surface area (TPSA) is 90.5 Å². The van der Waals surface area contributed by atoms with Crippen LogP contribution in [-0.2, 0) is 0 Å². The molecule has 0 spiro atoms. The minimum atomic E-state index is 0.708. The molecule has 0 bridgehead atoms. The van der Waals surface area contributed by atoms with Crippen molar-refractivity contribution in [2.75, 3.05) is 0 Å². The highest BCUT2D eigenvalue weighted by molar-refractivity contribution is 6.29. The third-order valence-electron chi connectivity index (χ3n) is 25.7. The summed E-state index contributed by atoms with van der Waals surface area (Å²) in [6.45, 7) is 0. The van der Waals surface area contributed by atoms with Crippen LogP contribution in [0.3, 0.4) is 0 Å². The van der Waals surface area contributed by atoms with E-state index in [1.165, 1.54) is 135 Å². The number of hydrogen-bond acceptors (Lipinski definition) is 7. The number of benzene rings is 23. The maximum absolute atomic E-state index is 6.24. The summed E-state index contributed by atoms with van der Waals surface area (Å²) in [5.74, 6) is 2.19. The van der Waals surface area contributed by atoms with E-state index in [1.807, 2.05) is 54.6 Å². The maximum Gasteiger partial charge on any atom is 0.161 e. The standard InChI is InChI=1S/C42H24N2O.C42H26N2.C36H22N2/c1-2-9-29-25(8-1)18-23-32-31(29)22-19-26-16-17-27-24-28(20-21-30(27)39(26)32)42-43-36-13-5-3-10-33(36)41(44-42)35-12-7-15-38-40(35)34-11-4-6-14-37(34)45-38;1-2-8-27(9-3-1)28-14-17-31(18-15-28)41-38-12-6-7-13-39(38)43-42(44-41)33-22-23-35-32(26-33)19-16-30-21-24-36-34-11-5-4-10-29(34)20-25-37(36)40(30)35;1-2-10-25(11-3-1)35-32-13-6-7-16-33(32)37-36(38-35)31-15-8-14-29-28(31)21-19-24-18-20-27-26-12-5-4-9-23(26)17-22-30(27)34(24)29/h1-24H;1-26H;1-22H. The Morgan fingerprint density at radius 1 is 0.142 bits per heavy atom. The average molecular weight is 1610 g/mol. The molecule has 0 unspecified atom stereocenters. The Balaban J connectivity index is 0.000000104. The van der Waals surface area contributed by atoms with Gasteiger partial charge in [0.2, 0.25) is 0 Å². The van der Waals surface area contributed by atoms with E-state index in [0.29, 0.717) is 5.82 Å². The number of aromatic nitrogens is 6. The van der Waals surface area contributed by atoms with E-state index in [2.05, 4.69) is 382 Å². The Bertz CT molecular complexity index is 9230. The predicted octanol–water partition coefficient (Wildman–Crippen LogP) is 32.3. The zero-order valence-corrected chi connectivity index (χ0v) is 68.7. The lowest BCUT2D eigenvalue weighted by Gasteiger charge is -2.14. The molecule has 0 saturated carbocycles. The Morgan fingerprint density at radius 2 is 0.457 bits per heavy atom. The summed E-state index contributed by atoms with van der Waals surface area (Å²) in [7, 11) is 0. The van der Waals surface area contributed by atoms with Crippen molar-refractivity contribution in [3.63, 3.8) is 0 Å². The van der Waals surface area contributed by atoms with E-state index < -0.39 is 0 Å². The van der Waals surface area contributed by atoms with Gasteiger partial charge in [-0.05, 0) is 183 Å². The highest BCUT2D eigenvalue weighted by Gasteiger charge is 2.22. The van der Waals surface area contributed by atoms with Crippen LogP contribution in [0.1, 0.15) is 0 Å². The fourth-order valence-corrected chi connectivity index (χ4v) is 19.7. The molecule has 127 heavy (non-hydrogen) atoms. The molecule has 588 valence electrons. The molecule has 27 aromatic rings. The SMILES string of the molecule is c1ccc(-c2ccc(-c3nc(-c4ccc5c(ccc6ccc7c8ccccc8ccc7c65)c4)nc4ccccc34)cc2)cc1.c1ccc(-c2nc(-c3cccc4c3ccc3ccc5c6ccccc6ccc5c34)nc3ccccc23)cc1.c1ccc2c(c1)ccc1c2ccc2ccc3cc(-c4nc(-c5cccc6oc7ccccc7c56)c5ccccc5n4)ccc3c21. The molecule has 0 atom stereocenters. The number of rotatable bonds is 7. The van der Waals surface area contributed by atoms with Gasteiger partial charge >= 0.3 is 0 Å². The zero-order valence-electron chi connectivity index (χ0n) is 68.7. The summed E-state index contributed by atoms with van der Waals surface area (Å²) >= 11 is 0. The second-order valence-electron chi connectivity index (χ2n) is 32.9. The summed E-state index contributed by atoms with van der Waals surface area (Å²) < 4.78 is 6.24. The quantitative estimate of drug-likeness (QED) is 0.147. The molecule has 0 amide bonds. The van der Waals surface area contributed by atoms with Crippen LogP contribution in [0.15, 0.2) is 441 Å². The molecule has 23 aromatic carbocycles. The first-order valence-corrected chi connectivity index (χ1v) is 43.2. The molecule has 0 aliphatic carbocycles. The second-order valence-corrected chi connectivity index (χ2v) is 32.9. The lowest BCUT2D eigenvalue weighted by atomic mass is 9.92. The molecule has 7 heteroatoms. The molecule has 0 aliphatic heterocycles. The number of furan rings is 1. The van der Waals surface area contributed by atoms with Crippen LogP contribution in [0.4, 0.5) is 0 Å². The predicted molar refractivity (Wildman–Crippen MR) is 534 cm³/mol. The zero-order chi connectivity index (χ0) is 83.6. The number of nitrogens with zero attached hydrogens (tertiary/aromatic N) is 6. The molecule has 0 radical (unpaired) electrons. The van der Waals surface area contributed by atoms with E-state index in [4.69, 9.17) is 34.3 Å². The Morgan fingerprint density at radius 3 is 0.984 bits per heavy atom. The summed E-state index contributed by atoms with van der Waals surface area (Å²) in [6.07, 6.45) is 0. The lowest BCUT2D eigenvalue weighted by Crippen LogP contribution is -1.96. The van der Waals surface area contributed by atoms with Crippen molar-refractivity contribution >= 4 is 184 Å². The largest absolute Gasteiger partial charge is 0.456 e. The van der Waals surface area contributed by atoms with Crippen molar-refractivity contribution in [3.05, 3.63) is 437 Å². The van der Waals surface area contributed by atoms with Crippen LogP contribution in [0.2, 0.25) is 0 Å². The Labute approximate surface area is 729 Å². The van der Waals surface area contributed by atoms with Crippen LogP contribution in [0.25, 0.3) is 263 Å². The molecule has 27 rings (SSSR count). The molecule has 0 N–H and O–H groups in total. The Hall–Kier alpha value is -17.0. The van der Waals surface area contributed by atoms with Crippen LogP contribution in [-0.4, -0.2) is 29.9 Å². The highest BCUT2D eigenvalue weighted by Crippen LogP contribution is 2.45. The number of hydrogen-bond donors (Lipinski definition) is 0. The van der Waals surface area contributed by atoms with E-state index in [0.717, 1.165) is 122 Å². The molecule has 7 nitrogen and oxygen atoms in total. The van der Waals surface area contributed by atoms with Crippen LogP contribution in [0, 0.1) is 0 Å². The summed E-state index contributed by atoms with van der Waals surface area (Å²) in [6, 6.07) is 155. The average Bonchev–Trinajstić information content (AvgIpc) is 1.29. The molecular weight excluding hydrogens is 1540 g/mol. The fraction of sp³-hybridized carbons (Fsp3) is 0. The first-order valence-electron chi connectivity index (χ1n) is 43.2. The number of para-hydroxylation sites is 4. The van der Waals surface area contributed by atoms with E-state index in [9.17, 15) is 0 Å². The lowest BCUT2D eigenvalue weighted by molar-refractivity contribution is 0.669. The van der Waals surface area contributed by atoms with Gasteiger partial charge in [0.05, 0.1) is 33.6 Å². The Kier molecular flexibility index (Phi) is 17.2. The van der Waals surface area contributed by atoms with Crippen molar-refractivity contribution in [3.8, 4) is 79.1 Å². The van der Waals surface area contributed by atoms with Gasteiger partial charge in [0, 0.05) is 60.3 Å². The van der Waals surface area contributed by atoms with Gasteiger partial charge in [0.1, 0.15) is 11.2 Å². The molecule has 4 heterocycles. The highest BCUT2D eigenvalue weighted by atomic mass is 16.3. The second kappa shape index (κ2) is 30.0. The minimum absolute atomic E-state index is 0.708. The van der Waals surface area contributed by atoms with E-state index in [1.54, 1.807) is 0 Å². The first kappa shape index (κ1) is 72.8. The fourth-order valence-electron chi connectivity index (χ4n) is 19.7. The van der Waals surface area contributed by atoms with Crippen LogP contribution >= 0.6 is 0 Å². The first-order chi connectivity index (χ1) is 62.9. The molecule has 4 aromatic heterocycles. The summed E-state index contributed by atoms with van der Waals surface area (Å²) in [5.41, 5.74) is 16.0. The molecular formula is C120H72N6O. The van der Waals surface area contributed by atoms with Crippen molar-refractivity contribution < 1.29 is 4.42 Å². The van der Waals surface area contributed by atoms with Crippen LogP contribution < -0.4 is 0 Å². The van der Waals surface area contributed by atoms with Gasteiger partial charge in [-0.3, -0.25) is 0 Å². The molecule has 0 fully saturated rings. The van der Waals surface area contributed by atoms with Gasteiger partial charge in [0.25, 0.3) is 0 Å². The van der Waals surface area contributed by atoms with Crippen molar-refractivity contribution in [2.45, 2.75) is 0 Å². The van der Waals surface area contributed by atoms with Crippen molar-refractivity contribution in [2.24, 2.45) is 0 Å². The smallest absolute Gasteiger partial charge is 0.161 e. The van der Waals surface area contributed by atoms with Crippen molar-refractivity contribution in [1.29, 1.82) is 0 Å². The maximum atomic E-state index is 6.24. The third kappa shape index (κ3) is 12.4. The van der Waals surface area contributed by atoms with Crippen molar-refractivity contribution in [1.82, 2.24) is 29.9 Å². The normalized spacial score (nSPS) is 11.8. The van der Waals surface area contributed by atoms with Gasteiger partial charge in [-0.15, -0.1) is 0 Å². The third-order valence-corrected chi connectivity index (χ3v) is 25.7. The van der Waals surface area contributed by atoms with Gasteiger partial charge in [-0.25, -0.2) is 29.9 Å². The van der Waals surface area contributed by atoms with Gasteiger partial charge in [-0.2, -0.15) is 0 Å².